The van der Waals surface area contributed by atoms with Crippen molar-refractivity contribution in [1.29, 1.82) is 0 Å². The van der Waals surface area contributed by atoms with Crippen molar-refractivity contribution < 1.29 is 9.84 Å². The van der Waals surface area contributed by atoms with Crippen LogP contribution in [0.3, 0.4) is 0 Å². The van der Waals surface area contributed by atoms with Crippen LogP contribution in [0, 0.1) is 5.92 Å². The smallest absolute Gasteiger partial charge is 0.120 e. The predicted octanol–water partition coefficient (Wildman–Crippen LogP) is 3.57. The summed E-state index contributed by atoms with van der Waals surface area (Å²) in [5.41, 5.74) is 1.50. The molecule has 2 nitrogen and oxygen atoms in total. The highest BCUT2D eigenvalue weighted by Crippen LogP contribution is 2.45. The van der Waals surface area contributed by atoms with E-state index in [2.05, 4.69) is 19.1 Å². The number of aliphatic hydroxyl groups excluding tert-OH is 1. The van der Waals surface area contributed by atoms with Crippen LogP contribution in [0.1, 0.15) is 29.7 Å². The first-order valence-electron chi connectivity index (χ1n) is 6.44. The summed E-state index contributed by atoms with van der Waals surface area (Å²) >= 11 is 1.87. The van der Waals surface area contributed by atoms with Gasteiger partial charge in [-0.05, 0) is 53.8 Å². The first-order chi connectivity index (χ1) is 8.74. The minimum absolute atomic E-state index is 0.304. The van der Waals surface area contributed by atoms with Crippen molar-refractivity contribution in [3.63, 3.8) is 0 Å². The van der Waals surface area contributed by atoms with E-state index in [4.69, 9.17) is 4.74 Å². The van der Waals surface area contributed by atoms with Gasteiger partial charge in [-0.3, -0.25) is 0 Å². The quantitative estimate of drug-likeness (QED) is 0.896. The molecule has 0 bridgehead atoms. The predicted molar refractivity (Wildman–Crippen MR) is 75.7 cm³/mol. The number of aliphatic hydroxyl groups is 1. The summed E-state index contributed by atoms with van der Waals surface area (Å²) in [6.45, 7) is 2.55. The van der Waals surface area contributed by atoms with E-state index in [9.17, 15) is 5.11 Å². The molecule has 1 aromatic heterocycles. The number of thiophene rings is 1. The zero-order valence-electron chi connectivity index (χ0n) is 10.8. The van der Waals surface area contributed by atoms with Gasteiger partial charge in [-0.1, -0.05) is 6.92 Å². The molecule has 2 aromatic rings. The Bertz CT molecular complexity index is 573. The molecule has 1 aliphatic rings. The molecule has 0 saturated carbocycles. The molecule has 2 atom stereocenters. The molecule has 0 fully saturated rings. The molecule has 96 valence electrons. The second-order valence-electron chi connectivity index (χ2n) is 5.08. The lowest BCUT2D eigenvalue weighted by atomic mass is 9.80. The van der Waals surface area contributed by atoms with Crippen LogP contribution < -0.4 is 4.74 Å². The molecule has 18 heavy (non-hydrogen) atoms. The second-order valence-corrected chi connectivity index (χ2v) is 6.16. The Morgan fingerprint density at radius 1 is 1.44 bits per heavy atom. The van der Waals surface area contributed by atoms with Crippen molar-refractivity contribution in [1.82, 2.24) is 0 Å². The molecule has 0 aliphatic heterocycles. The molecule has 1 aliphatic carbocycles. The van der Waals surface area contributed by atoms with E-state index in [-0.39, 0.29) is 0 Å². The van der Waals surface area contributed by atoms with E-state index in [1.165, 1.54) is 20.5 Å². The molecule has 3 rings (SSSR count). The van der Waals surface area contributed by atoms with Gasteiger partial charge in [-0.2, -0.15) is 0 Å². The highest BCUT2D eigenvalue weighted by atomic mass is 32.1. The number of aryl methyl sites for hydroxylation is 1. The minimum Gasteiger partial charge on any atom is -0.497 e. The van der Waals surface area contributed by atoms with E-state index in [1.54, 1.807) is 7.11 Å². The Morgan fingerprint density at radius 3 is 3.00 bits per heavy atom. The molecule has 3 heteroatoms. The zero-order valence-corrected chi connectivity index (χ0v) is 11.6. The van der Waals surface area contributed by atoms with Gasteiger partial charge in [0.25, 0.3) is 0 Å². The van der Waals surface area contributed by atoms with Crippen molar-refractivity contribution in [3.05, 3.63) is 28.6 Å². The first-order valence-corrected chi connectivity index (χ1v) is 7.26. The van der Waals surface area contributed by atoms with Crippen LogP contribution in [0.15, 0.2) is 18.2 Å². The van der Waals surface area contributed by atoms with Gasteiger partial charge in [-0.15, -0.1) is 11.3 Å². The highest BCUT2D eigenvalue weighted by Gasteiger charge is 2.28. The van der Waals surface area contributed by atoms with Gasteiger partial charge in [0.05, 0.1) is 7.11 Å². The molecule has 0 spiro atoms. The van der Waals surface area contributed by atoms with Crippen LogP contribution in [0.5, 0.6) is 5.75 Å². The summed E-state index contributed by atoms with van der Waals surface area (Å²) in [4.78, 5) is 1.46. The van der Waals surface area contributed by atoms with Crippen molar-refractivity contribution in [2.45, 2.75) is 25.7 Å². The monoisotopic (exact) mass is 262 g/mol. The van der Waals surface area contributed by atoms with Gasteiger partial charge in [0.2, 0.25) is 0 Å². The van der Waals surface area contributed by atoms with Crippen molar-refractivity contribution >= 4 is 21.4 Å². The summed E-state index contributed by atoms with van der Waals surface area (Å²) in [6, 6.07) is 6.34. The third kappa shape index (κ3) is 1.73. The minimum atomic E-state index is 0.304. The molecule has 0 unspecified atom stereocenters. The Morgan fingerprint density at radius 2 is 2.28 bits per heavy atom. The summed E-state index contributed by atoms with van der Waals surface area (Å²) in [5.74, 6) is 1.82. The SMILES string of the molecule is COc1ccc2c3c(sc2c1)[C@H](C)[C@@H](CO)CC3. The molecular weight excluding hydrogens is 244 g/mol. The topological polar surface area (TPSA) is 29.5 Å². The fourth-order valence-corrected chi connectivity index (χ4v) is 4.37. The molecule has 0 amide bonds. The van der Waals surface area contributed by atoms with Crippen molar-refractivity contribution in [2.75, 3.05) is 13.7 Å². The Labute approximate surface area is 111 Å². The average molecular weight is 262 g/mol. The van der Waals surface area contributed by atoms with Gasteiger partial charge in [-0.25, -0.2) is 0 Å². The second kappa shape index (κ2) is 4.56. The lowest BCUT2D eigenvalue weighted by molar-refractivity contribution is 0.195. The fourth-order valence-electron chi connectivity index (χ4n) is 2.95. The molecule has 1 aromatic carbocycles. The third-order valence-electron chi connectivity index (χ3n) is 4.15. The number of methoxy groups -OCH3 is 1. The van der Waals surface area contributed by atoms with Crippen LogP contribution in [-0.4, -0.2) is 18.8 Å². The standard InChI is InChI=1S/C15H18O2S/c1-9-10(8-16)3-5-13-12-6-4-11(17-2)7-14(12)18-15(9)13/h4,6-7,9-10,16H,3,5,8H2,1-2H3/t9-,10-/m1/s1. The van der Waals surface area contributed by atoms with Crippen LogP contribution >= 0.6 is 11.3 Å². The largest absolute Gasteiger partial charge is 0.497 e. The Balaban J connectivity index is 2.13. The summed E-state index contributed by atoms with van der Waals surface area (Å²) in [5, 5.41) is 10.8. The van der Waals surface area contributed by atoms with Gasteiger partial charge in [0.15, 0.2) is 0 Å². The molecule has 1 heterocycles. The summed E-state index contributed by atoms with van der Waals surface area (Å²) < 4.78 is 6.60. The number of hydrogen-bond donors (Lipinski definition) is 1. The third-order valence-corrected chi connectivity index (χ3v) is 5.55. The molecule has 1 N–H and O–H groups in total. The zero-order chi connectivity index (χ0) is 12.7. The maximum atomic E-state index is 9.43. The number of benzene rings is 1. The average Bonchev–Trinajstić information content (AvgIpc) is 2.77. The lowest BCUT2D eigenvalue weighted by Crippen LogP contribution is -2.19. The van der Waals surface area contributed by atoms with E-state index in [0.717, 1.165) is 18.6 Å². The van der Waals surface area contributed by atoms with Crippen LogP contribution in [0.4, 0.5) is 0 Å². The van der Waals surface area contributed by atoms with E-state index in [0.29, 0.717) is 18.4 Å². The van der Waals surface area contributed by atoms with Crippen LogP contribution in [0.2, 0.25) is 0 Å². The molecule has 0 radical (unpaired) electrons. The highest BCUT2D eigenvalue weighted by molar-refractivity contribution is 7.19. The van der Waals surface area contributed by atoms with Crippen molar-refractivity contribution in [3.8, 4) is 5.75 Å². The fraction of sp³-hybridized carbons (Fsp3) is 0.467. The van der Waals surface area contributed by atoms with E-state index in [1.807, 2.05) is 17.4 Å². The first kappa shape index (κ1) is 12.0. The summed E-state index contributed by atoms with van der Waals surface area (Å²) in [6.07, 6.45) is 2.19. The maximum absolute atomic E-state index is 9.43. The molecular formula is C15H18O2S. The maximum Gasteiger partial charge on any atom is 0.120 e. The molecule has 0 saturated heterocycles. The van der Waals surface area contributed by atoms with Gasteiger partial charge in [0, 0.05) is 16.2 Å². The van der Waals surface area contributed by atoms with Crippen molar-refractivity contribution in [2.24, 2.45) is 5.92 Å². The number of fused-ring (bicyclic) bond motifs is 3. The lowest BCUT2D eigenvalue weighted by Gasteiger charge is -2.27. The number of ether oxygens (including phenoxy) is 1. The Hall–Kier alpha value is -1.06. The summed E-state index contributed by atoms with van der Waals surface area (Å²) in [7, 11) is 1.71. The van der Waals surface area contributed by atoms with Crippen LogP contribution in [-0.2, 0) is 6.42 Å². The van der Waals surface area contributed by atoms with Gasteiger partial charge < -0.3 is 9.84 Å². The van der Waals surface area contributed by atoms with Crippen LogP contribution in [0.25, 0.3) is 10.1 Å². The van der Waals surface area contributed by atoms with Gasteiger partial charge >= 0.3 is 0 Å². The number of rotatable bonds is 2. The number of hydrogen-bond acceptors (Lipinski definition) is 3. The normalized spacial score (nSPS) is 23.1. The Kier molecular flexibility index (Phi) is 3.04. The van der Waals surface area contributed by atoms with E-state index < -0.39 is 0 Å². The van der Waals surface area contributed by atoms with Gasteiger partial charge in [0.1, 0.15) is 5.75 Å². The van der Waals surface area contributed by atoms with E-state index >= 15 is 0 Å².